The number of hydrogen-bond acceptors (Lipinski definition) is 5. The van der Waals surface area contributed by atoms with E-state index in [9.17, 15) is 4.79 Å². The number of carbonyl (C=O) groups is 1. The van der Waals surface area contributed by atoms with Crippen LogP contribution in [0.25, 0.3) is 5.69 Å². The highest BCUT2D eigenvalue weighted by Crippen LogP contribution is 2.28. The van der Waals surface area contributed by atoms with E-state index in [4.69, 9.17) is 23.8 Å². The lowest BCUT2D eigenvalue weighted by Crippen LogP contribution is -2.30. The lowest BCUT2D eigenvalue weighted by Gasteiger charge is -2.08. The largest absolute Gasteiger partial charge is 0.352 e. The van der Waals surface area contributed by atoms with Crippen molar-refractivity contribution >= 4 is 52.8 Å². The van der Waals surface area contributed by atoms with Gasteiger partial charge in [0.25, 0.3) is 0 Å². The summed E-state index contributed by atoms with van der Waals surface area (Å²) in [5, 5.41) is 7.64. The normalized spacial score (nSPS) is 11.9. The highest BCUT2D eigenvalue weighted by molar-refractivity contribution is 8.02. The molecule has 0 aliphatic heterocycles. The van der Waals surface area contributed by atoms with E-state index in [0.29, 0.717) is 15.5 Å². The summed E-state index contributed by atoms with van der Waals surface area (Å²) in [6.07, 6.45) is 1.65. The zero-order valence-corrected chi connectivity index (χ0v) is 15.0. The van der Waals surface area contributed by atoms with Gasteiger partial charge < -0.3 is 5.32 Å². The average molecular weight is 372 g/mol. The van der Waals surface area contributed by atoms with Crippen LogP contribution in [-0.4, -0.2) is 27.5 Å². The van der Waals surface area contributed by atoms with E-state index < -0.39 is 0 Å². The Morgan fingerprint density at radius 3 is 2.91 bits per heavy atom. The number of nitrogens with zero attached hydrogens (tertiary/aromatic N) is 2. The van der Waals surface area contributed by atoms with Crippen molar-refractivity contribution < 1.29 is 4.79 Å². The molecule has 2 rings (SSSR count). The Labute approximate surface area is 147 Å². The Kier molecular flexibility index (Phi) is 6.19. The fourth-order valence-corrected chi connectivity index (χ4v) is 4.23. The first kappa shape index (κ1) is 17.2. The molecule has 1 aromatic carbocycles. The molecule has 116 valence electrons. The van der Waals surface area contributed by atoms with Crippen LogP contribution in [0, 0.1) is 3.95 Å². The topological polar surface area (TPSA) is 46.9 Å². The minimum Gasteiger partial charge on any atom is -0.352 e. The fourth-order valence-electron chi connectivity index (χ4n) is 1.58. The van der Waals surface area contributed by atoms with Gasteiger partial charge in [0, 0.05) is 11.6 Å². The van der Waals surface area contributed by atoms with E-state index in [0.717, 1.165) is 10.0 Å². The highest BCUT2D eigenvalue weighted by Gasteiger charge is 2.16. The van der Waals surface area contributed by atoms with Crippen molar-refractivity contribution in [1.82, 2.24) is 15.1 Å². The summed E-state index contributed by atoms with van der Waals surface area (Å²) in [6.45, 7) is 5.86. The van der Waals surface area contributed by atoms with Gasteiger partial charge in [-0.25, -0.2) is 4.68 Å². The quantitative estimate of drug-likeness (QED) is 0.471. The predicted octanol–water partition coefficient (Wildman–Crippen LogP) is 4.10. The van der Waals surface area contributed by atoms with E-state index in [-0.39, 0.29) is 11.2 Å². The van der Waals surface area contributed by atoms with Crippen molar-refractivity contribution in [3.05, 3.63) is 45.9 Å². The van der Waals surface area contributed by atoms with E-state index in [2.05, 4.69) is 17.0 Å². The van der Waals surface area contributed by atoms with Crippen LogP contribution in [0.4, 0.5) is 0 Å². The van der Waals surface area contributed by atoms with Crippen molar-refractivity contribution in [3.63, 3.8) is 0 Å². The zero-order valence-electron chi connectivity index (χ0n) is 11.8. The molecule has 8 heteroatoms. The third-order valence-electron chi connectivity index (χ3n) is 2.67. The molecule has 0 fully saturated rings. The molecule has 4 nitrogen and oxygen atoms in total. The van der Waals surface area contributed by atoms with Gasteiger partial charge in [-0.05, 0) is 43.4 Å². The average Bonchev–Trinajstić information content (AvgIpc) is 2.86. The van der Waals surface area contributed by atoms with Crippen molar-refractivity contribution in [2.24, 2.45) is 0 Å². The molecule has 1 unspecified atom stereocenters. The van der Waals surface area contributed by atoms with E-state index in [1.54, 1.807) is 22.9 Å². The van der Waals surface area contributed by atoms with Crippen LogP contribution in [0.2, 0.25) is 5.02 Å². The first-order chi connectivity index (χ1) is 10.5. The molecule has 0 bridgehead atoms. The Bertz CT molecular complexity index is 724. The molecule has 0 aliphatic carbocycles. The van der Waals surface area contributed by atoms with Gasteiger partial charge in [-0.15, -0.1) is 11.7 Å². The SMILES string of the molecule is C=CCNC(=O)C(C)Sc1nn(-c2ccc(Cl)cc2)c(=S)s1. The number of hydrogen-bond donors (Lipinski definition) is 1. The Balaban J connectivity index is 2.13. The van der Waals surface area contributed by atoms with Gasteiger partial charge in [0.15, 0.2) is 8.29 Å². The van der Waals surface area contributed by atoms with Gasteiger partial charge in [-0.2, -0.15) is 0 Å². The van der Waals surface area contributed by atoms with Crippen LogP contribution in [0.15, 0.2) is 41.3 Å². The summed E-state index contributed by atoms with van der Waals surface area (Å²) >= 11 is 14.0. The second kappa shape index (κ2) is 7.92. The number of benzene rings is 1. The predicted molar refractivity (Wildman–Crippen MR) is 95.8 cm³/mol. The molecule has 1 aromatic heterocycles. The standard InChI is InChI=1S/C14H14ClN3OS3/c1-3-8-16-12(19)9(2)21-13-17-18(14(20)22-13)11-6-4-10(15)5-7-11/h3-7,9H,1,8H2,2H3,(H,16,19). The van der Waals surface area contributed by atoms with Gasteiger partial charge >= 0.3 is 0 Å². The van der Waals surface area contributed by atoms with Gasteiger partial charge in [0.2, 0.25) is 5.91 Å². The van der Waals surface area contributed by atoms with Crippen LogP contribution >= 0.6 is 46.9 Å². The Morgan fingerprint density at radius 1 is 1.59 bits per heavy atom. The Hall–Kier alpha value is -1.15. The number of nitrogens with one attached hydrogen (secondary N) is 1. The maximum Gasteiger partial charge on any atom is 0.233 e. The smallest absolute Gasteiger partial charge is 0.233 e. The van der Waals surface area contributed by atoms with Crippen molar-refractivity contribution in [2.75, 3.05) is 6.54 Å². The molecule has 1 amide bonds. The van der Waals surface area contributed by atoms with Gasteiger partial charge in [0.05, 0.1) is 10.9 Å². The molecule has 22 heavy (non-hydrogen) atoms. The third kappa shape index (κ3) is 4.42. The molecular weight excluding hydrogens is 358 g/mol. The maximum atomic E-state index is 11.9. The first-order valence-electron chi connectivity index (χ1n) is 6.42. The molecule has 0 saturated heterocycles. The number of amides is 1. The minimum absolute atomic E-state index is 0.0518. The van der Waals surface area contributed by atoms with Crippen molar-refractivity contribution in [3.8, 4) is 5.69 Å². The molecule has 0 saturated carbocycles. The summed E-state index contributed by atoms with van der Waals surface area (Å²) in [4.78, 5) is 11.9. The number of carbonyl (C=O) groups excluding carboxylic acids is 1. The molecule has 1 atom stereocenters. The van der Waals surface area contributed by atoms with Crippen LogP contribution in [0.3, 0.4) is 0 Å². The second-order valence-corrected chi connectivity index (χ2v) is 7.96. The minimum atomic E-state index is -0.251. The molecule has 1 heterocycles. The van der Waals surface area contributed by atoms with Crippen molar-refractivity contribution in [1.29, 1.82) is 0 Å². The third-order valence-corrected chi connectivity index (χ3v) is 5.34. The molecule has 0 aliphatic rings. The van der Waals surface area contributed by atoms with Crippen LogP contribution < -0.4 is 5.32 Å². The number of rotatable bonds is 6. The highest BCUT2D eigenvalue weighted by atomic mass is 35.5. The lowest BCUT2D eigenvalue weighted by atomic mass is 10.3. The number of thioether (sulfide) groups is 1. The van der Waals surface area contributed by atoms with E-state index >= 15 is 0 Å². The summed E-state index contributed by atoms with van der Waals surface area (Å²) in [5.74, 6) is -0.0518. The van der Waals surface area contributed by atoms with Gasteiger partial charge in [-0.1, -0.05) is 40.8 Å². The Morgan fingerprint density at radius 2 is 2.27 bits per heavy atom. The first-order valence-corrected chi connectivity index (χ1v) is 8.91. The fraction of sp³-hybridized carbons (Fsp3) is 0.214. The van der Waals surface area contributed by atoms with Crippen LogP contribution in [0.1, 0.15) is 6.92 Å². The molecule has 0 spiro atoms. The van der Waals surface area contributed by atoms with Crippen LogP contribution in [0.5, 0.6) is 0 Å². The van der Waals surface area contributed by atoms with Crippen LogP contribution in [-0.2, 0) is 4.79 Å². The summed E-state index contributed by atoms with van der Waals surface area (Å²) in [6, 6.07) is 7.28. The monoisotopic (exact) mass is 371 g/mol. The van der Waals surface area contributed by atoms with Gasteiger partial charge in [0.1, 0.15) is 0 Å². The second-order valence-electron chi connectivity index (χ2n) is 4.32. The summed E-state index contributed by atoms with van der Waals surface area (Å²) in [5.41, 5.74) is 0.848. The molecule has 2 aromatic rings. The maximum absolute atomic E-state index is 11.9. The zero-order chi connectivity index (χ0) is 16.1. The number of halogens is 1. The summed E-state index contributed by atoms with van der Waals surface area (Å²) in [7, 11) is 0. The molecule has 1 N–H and O–H groups in total. The lowest BCUT2D eigenvalue weighted by molar-refractivity contribution is -0.120. The van der Waals surface area contributed by atoms with Gasteiger partial charge in [-0.3, -0.25) is 4.79 Å². The van der Waals surface area contributed by atoms with E-state index in [1.807, 2.05) is 19.1 Å². The van der Waals surface area contributed by atoms with Crippen molar-refractivity contribution in [2.45, 2.75) is 16.5 Å². The molecule has 0 radical (unpaired) electrons. The van der Waals surface area contributed by atoms with E-state index in [1.165, 1.54) is 23.1 Å². The summed E-state index contributed by atoms with van der Waals surface area (Å²) < 4.78 is 3.05. The molecular formula is C14H14ClN3OS3. The number of aromatic nitrogens is 2.